The van der Waals surface area contributed by atoms with E-state index >= 15 is 0 Å². The van der Waals surface area contributed by atoms with E-state index in [2.05, 4.69) is 49.7 Å². The van der Waals surface area contributed by atoms with Crippen LogP contribution in [0.25, 0.3) is 0 Å². The Kier molecular flexibility index (Phi) is 6.85. The van der Waals surface area contributed by atoms with Gasteiger partial charge in [-0.3, -0.25) is 4.98 Å². The minimum absolute atomic E-state index is 0.0585. The zero-order valence-electron chi connectivity index (χ0n) is 12.9. The predicted molar refractivity (Wildman–Crippen MR) is 83.4 cm³/mol. The highest BCUT2D eigenvalue weighted by molar-refractivity contribution is 5.44. The summed E-state index contributed by atoms with van der Waals surface area (Å²) in [4.78, 5) is 6.92. The maximum atomic E-state index is 6.00. The number of aromatic nitrogens is 1. The summed E-state index contributed by atoms with van der Waals surface area (Å²) in [6.45, 7) is 11.0. The molecule has 1 heterocycles. The summed E-state index contributed by atoms with van der Waals surface area (Å²) < 4.78 is 0. The van der Waals surface area contributed by atoms with Crippen LogP contribution < -0.4 is 10.6 Å². The van der Waals surface area contributed by atoms with Crippen molar-refractivity contribution >= 4 is 5.69 Å². The predicted octanol–water partition coefficient (Wildman–Crippen LogP) is 3.75. The van der Waals surface area contributed by atoms with Crippen molar-refractivity contribution in [2.75, 3.05) is 18.0 Å². The molecule has 0 aliphatic carbocycles. The molecule has 0 amide bonds. The van der Waals surface area contributed by atoms with Gasteiger partial charge in [0.15, 0.2) is 0 Å². The minimum Gasteiger partial charge on any atom is -0.370 e. The molecule has 1 atom stereocenters. The number of anilines is 1. The maximum Gasteiger partial charge on any atom is 0.0572 e. The van der Waals surface area contributed by atoms with Crippen LogP contribution in [0.4, 0.5) is 5.69 Å². The molecule has 108 valence electrons. The van der Waals surface area contributed by atoms with E-state index in [1.54, 1.807) is 0 Å². The second kappa shape index (κ2) is 8.16. The van der Waals surface area contributed by atoms with Crippen LogP contribution in [-0.4, -0.2) is 18.1 Å². The molecule has 1 aromatic rings. The average molecular weight is 263 g/mol. The molecule has 0 fully saturated rings. The molecule has 0 aliphatic heterocycles. The molecule has 0 spiro atoms. The number of rotatable bonds is 8. The van der Waals surface area contributed by atoms with Crippen molar-refractivity contribution in [3.8, 4) is 0 Å². The van der Waals surface area contributed by atoms with Crippen LogP contribution in [0.3, 0.4) is 0 Å². The lowest BCUT2D eigenvalue weighted by Crippen LogP contribution is -2.29. The summed E-state index contributed by atoms with van der Waals surface area (Å²) in [6.07, 6.45) is 5.37. The third kappa shape index (κ3) is 4.50. The van der Waals surface area contributed by atoms with Crippen LogP contribution in [0.1, 0.15) is 58.7 Å². The van der Waals surface area contributed by atoms with Gasteiger partial charge in [0.05, 0.1) is 17.6 Å². The summed E-state index contributed by atoms with van der Waals surface area (Å²) in [5.41, 5.74) is 8.20. The largest absolute Gasteiger partial charge is 0.370 e. The van der Waals surface area contributed by atoms with Gasteiger partial charge in [-0.25, -0.2) is 0 Å². The fraction of sp³-hybridized carbons (Fsp3) is 0.688. The van der Waals surface area contributed by atoms with E-state index in [4.69, 9.17) is 5.73 Å². The van der Waals surface area contributed by atoms with E-state index < -0.39 is 0 Å². The van der Waals surface area contributed by atoms with Crippen LogP contribution in [0, 0.1) is 5.92 Å². The lowest BCUT2D eigenvalue weighted by Gasteiger charge is -2.27. The Balaban J connectivity index is 2.76. The quantitative estimate of drug-likeness (QED) is 0.776. The van der Waals surface area contributed by atoms with Gasteiger partial charge < -0.3 is 10.6 Å². The van der Waals surface area contributed by atoms with Crippen molar-refractivity contribution in [3.05, 3.63) is 24.0 Å². The topological polar surface area (TPSA) is 42.1 Å². The van der Waals surface area contributed by atoms with E-state index in [0.29, 0.717) is 0 Å². The smallest absolute Gasteiger partial charge is 0.0572 e. The lowest BCUT2D eigenvalue weighted by molar-refractivity contribution is 0.486. The van der Waals surface area contributed by atoms with Crippen LogP contribution >= 0.6 is 0 Å². The third-order valence-corrected chi connectivity index (χ3v) is 3.97. The first-order valence-corrected chi connectivity index (χ1v) is 7.62. The van der Waals surface area contributed by atoms with Crippen LogP contribution in [-0.2, 0) is 0 Å². The number of hydrogen-bond donors (Lipinski definition) is 1. The molecule has 2 N–H and O–H groups in total. The van der Waals surface area contributed by atoms with Crippen molar-refractivity contribution < 1.29 is 0 Å². The Morgan fingerprint density at radius 1 is 1.11 bits per heavy atom. The van der Waals surface area contributed by atoms with Gasteiger partial charge in [-0.1, -0.05) is 33.6 Å². The van der Waals surface area contributed by atoms with Crippen LogP contribution in [0.2, 0.25) is 0 Å². The Hall–Kier alpha value is -1.09. The second-order valence-electron chi connectivity index (χ2n) is 5.18. The highest BCUT2D eigenvalue weighted by Crippen LogP contribution is 2.19. The fourth-order valence-corrected chi connectivity index (χ4v) is 2.29. The molecule has 0 aromatic carbocycles. The molecule has 3 nitrogen and oxygen atoms in total. The zero-order chi connectivity index (χ0) is 14.3. The third-order valence-electron chi connectivity index (χ3n) is 3.97. The maximum absolute atomic E-state index is 6.00. The molecule has 1 rings (SSSR count). The fourth-order valence-electron chi connectivity index (χ4n) is 2.29. The zero-order valence-corrected chi connectivity index (χ0v) is 12.9. The van der Waals surface area contributed by atoms with Gasteiger partial charge in [-0.05, 0) is 31.4 Å². The van der Waals surface area contributed by atoms with Gasteiger partial charge >= 0.3 is 0 Å². The summed E-state index contributed by atoms with van der Waals surface area (Å²) in [6, 6.07) is 4.28. The molecule has 19 heavy (non-hydrogen) atoms. The number of nitrogens with zero attached hydrogens (tertiary/aromatic N) is 2. The van der Waals surface area contributed by atoms with Gasteiger partial charge in [-0.15, -0.1) is 0 Å². The van der Waals surface area contributed by atoms with Gasteiger partial charge in [0.25, 0.3) is 0 Å². The highest BCUT2D eigenvalue weighted by Gasteiger charge is 2.12. The molecular weight excluding hydrogens is 234 g/mol. The first kappa shape index (κ1) is 16.0. The Morgan fingerprint density at radius 3 is 2.21 bits per heavy atom. The number of nitrogens with two attached hydrogens (primary N) is 1. The van der Waals surface area contributed by atoms with E-state index in [1.807, 2.05) is 6.20 Å². The first-order chi connectivity index (χ1) is 9.15. The Labute approximate surface area is 118 Å². The molecule has 3 heteroatoms. The normalized spacial score (nSPS) is 12.7. The standard InChI is InChI=1S/C16H29N3/c1-5-13(6-2)12-19(8-4)14-9-10-16(18-11-14)15(17)7-3/h9-11,13,15H,5-8,12,17H2,1-4H3. The number of hydrogen-bond acceptors (Lipinski definition) is 3. The van der Waals surface area contributed by atoms with Gasteiger partial charge in [0.1, 0.15) is 0 Å². The molecule has 0 aliphatic rings. The second-order valence-corrected chi connectivity index (χ2v) is 5.18. The van der Waals surface area contributed by atoms with Gasteiger partial charge in [-0.2, -0.15) is 0 Å². The molecular formula is C16H29N3. The van der Waals surface area contributed by atoms with Crippen LogP contribution in [0.5, 0.6) is 0 Å². The summed E-state index contributed by atoms with van der Waals surface area (Å²) in [7, 11) is 0. The monoisotopic (exact) mass is 263 g/mol. The van der Waals surface area contributed by atoms with Crippen LogP contribution in [0.15, 0.2) is 18.3 Å². The van der Waals surface area contributed by atoms with Gasteiger partial charge in [0.2, 0.25) is 0 Å². The van der Waals surface area contributed by atoms with Gasteiger partial charge in [0, 0.05) is 19.1 Å². The van der Waals surface area contributed by atoms with E-state index in [0.717, 1.165) is 31.1 Å². The van der Waals surface area contributed by atoms with Crippen molar-refractivity contribution in [2.45, 2.75) is 53.0 Å². The van der Waals surface area contributed by atoms with Crippen molar-refractivity contribution in [3.63, 3.8) is 0 Å². The van der Waals surface area contributed by atoms with E-state index in [-0.39, 0.29) is 6.04 Å². The SMILES string of the molecule is CCC(CC)CN(CC)c1ccc(C(N)CC)nc1. The molecule has 0 radical (unpaired) electrons. The summed E-state index contributed by atoms with van der Waals surface area (Å²) in [5, 5.41) is 0. The highest BCUT2D eigenvalue weighted by atomic mass is 15.1. The molecule has 1 unspecified atom stereocenters. The Morgan fingerprint density at radius 2 is 1.79 bits per heavy atom. The summed E-state index contributed by atoms with van der Waals surface area (Å²) in [5.74, 6) is 0.762. The molecule has 1 aromatic heterocycles. The lowest BCUT2D eigenvalue weighted by atomic mass is 10.0. The van der Waals surface area contributed by atoms with E-state index in [9.17, 15) is 0 Å². The minimum atomic E-state index is 0.0585. The van der Waals surface area contributed by atoms with Crippen molar-refractivity contribution in [2.24, 2.45) is 11.7 Å². The molecule has 0 saturated heterocycles. The number of pyridine rings is 1. The first-order valence-electron chi connectivity index (χ1n) is 7.62. The van der Waals surface area contributed by atoms with Crippen molar-refractivity contribution in [1.29, 1.82) is 0 Å². The van der Waals surface area contributed by atoms with E-state index in [1.165, 1.54) is 18.5 Å². The molecule has 0 bridgehead atoms. The Bertz CT molecular complexity index is 344. The average Bonchev–Trinajstić information content (AvgIpc) is 2.48. The van der Waals surface area contributed by atoms with Crippen molar-refractivity contribution in [1.82, 2.24) is 4.98 Å². The summed E-state index contributed by atoms with van der Waals surface area (Å²) >= 11 is 0. The molecule has 0 saturated carbocycles.